The Kier molecular flexibility index (Phi) is 8.78. The zero-order chi connectivity index (χ0) is 27.9. The lowest BCUT2D eigenvalue weighted by Gasteiger charge is -2.16. The van der Waals surface area contributed by atoms with E-state index in [2.05, 4.69) is 17.6 Å². The number of hydrogen-bond donors (Lipinski definition) is 2. The van der Waals surface area contributed by atoms with Crippen molar-refractivity contribution in [1.82, 2.24) is 0 Å². The van der Waals surface area contributed by atoms with Gasteiger partial charge in [0.05, 0.1) is 17.9 Å². The predicted molar refractivity (Wildman–Crippen MR) is 151 cm³/mol. The molecule has 0 spiro atoms. The number of esters is 1. The van der Waals surface area contributed by atoms with Gasteiger partial charge in [-0.3, -0.25) is 14.4 Å². The monoisotopic (exact) mass is 545 g/mol. The lowest BCUT2D eigenvalue weighted by atomic mass is 10.1. The normalized spacial score (nSPS) is 13.1. The molecule has 0 aromatic heterocycles. The maximum Gasteiger partial charge on any atom is 0.338 e. The number of hydrogen-bond acceptors (Lipinski definition) is 6. The standard InChI is InChI=1S/C30H28ClN3O5/c1-3-5-7-19-10-14-23(15-11-19)33-27(35)20-12-16-22(17-13-20)32-26-25(31)28(36)34(29(26)37)24-9-6-8-21(18-24)30(38)39-4-2/h6,8-18,32H,3-5,7H2,1-2H3,(H,33,35). The number of benzene rings is 3. The summed E-state index contributed by atoms with van der Waals surface area (Å²) in [4.78, 5) is 51.6. The van der Waals surface area contributed by atoms with E-state index >= 15 is 0 Å². The van der Waals surface area contributed by atoms with Crippen LogP contribution in [0, 0.1) is 0 Å². The number of imide groups is 1. The predicted octanol–water partition coefficient (Wildman–Crippen LogP) is 5.89. The van der Waals surface area contributed by atoms with E-state index in [9.17, 15) is 19.2 Å². The Labute approximate surface area is 231 Å². The second-order valence-electron chi connectivity index (χ2n) is 8.86. The Hall–Kier alpha value is -4.43. The third-order valence-corrected chi connectivity index (χ3v) is 6.44. The number of carbonyl (C=O) groups excluding carboxylic acids is 4. The Bertz CT molecular complexity index is 1430. The maximum absolute atomic E-state index is 13.1. The van der Waals surface area contributed by atoms with E-state index in [4.69, 9.17) is 16.3 Å². The van der Waals surface area contributed by atoms with E-state index in [0.717, 1.165) is 24.2 Å². The molecule has 9 heteroatoms. The molecule has 200 valence electrons. The third-order valence-electron chi connectivity index (χ3n) is 6.09. The van der Waals surface area contributed by atoms with Crippen molar-refractivity contribution in [1.29, 1.82) is 0 Å². The summed E-state index contributed by atoms with van der Waals surface area (Å²) in [5.74, 6) is -2.24. The van der Waals surface area contributed by atoms with Gasteiger partial charge in [0.25, 0.3) is 17.7 Å². The summed E-state index contributed by atoms with van der Waals surface area (Å²) in [6.45, 7) is 4.02. The summed E-state index contributed by atoms with van der Waals surface area (Å²) < 4.78 is 4.99. The Morgan fingerprint density at radius 3 is 2.23 bits per heavy atom. The second kappa shape index (κ2) is 12.4. The molecule has 39 heavy (non-hydrogen) atoms. The summed E-state index contributed by atoms with van der Waals surface area (Å²) >= 11 is 6.23. The Balaban J connectivity index is 1.42. The first kappa shape index (κ1) is 27.6. The van der Waals surface area contributed by atoms with Crippen molar-refractivity contribution in [2.75, 3.05) is 22.1 Å². The average molecular weight is 546 g/mol. The first-order valence-electron chi connectivity index (χ1n) is 12.7. The van der Waals surface area contributed by atoms with Gasteiger partial charge in [0.2, 0.25) is 0 Å². The molecule has 0 radical (unpaired) electrons. The second-order valence-corrected chi connectivity index (χ2v) is 9.24. The quantitative estimate of drug-likeness (QED) is 0.243. The summed E-state index contributed by atoms with van der Waals surface area (Å²) in [7, 11) is 0. The number of nitrogens with zero attached hydrogens (tertiary/aromatic N) is 1. The van der Waals surface area contributed by atoms with Crippen LogP contribution in [0.25, 0.3) is 0 Å². The van der Waals surface area contributed by atoms with Gasteiger partial charge >= 0.3 is 5.97 Å². The summed E-state index contributed by atoms with van der Waals surface area (Å²) in [6, 6.07) is 20.2. The first-order chi connectivity index (χ1) is 18.8. The van der Waals surface area contributed by atoms with E-state index in [1.165, 1.54) is 23.8 Å². The van der Waals surface area contributed by atoms with Gasteiger partial charge < -0.3 is 15.4 Å². The van der Waals surface area contributed by atoms with Crippen LogP contribution in [0.3, 0.4) is 0 Å². The molecule has 0 bridgehead atoms. The minimum Gasteiger partial charge on any atom is -0.462 e. The Morgan fingerprint density at radius 2 is 1.56 bits per heavy atom. The summed E-state index contributed by atoms with van der Waals surface area (Å²) in [5.41, 5.74) is 3.09. The molecular formula is C30H28ClN3O5. The molecule has 0 aliphatic carbocycles. The smallest absolute Gasteiger partial charge is 0.338 e. The van der Waals surface area contributed by atoms with E-state index < -0.39 is 17.8 Å². The topological polar surface area (TPSA) is 105 Å². The molecule has 8 nitrogen and oxygen atoms in total. The van der Waals surface area contributed by atoms with E-state index in [0.29, 0.717) is 16.9 Å². The number of unbranched alkanes of at least 4 members (excludes halogenated alkanes) is 1. The molecule has 3 aromatic carbocycles. The number of amides is 3. The highest BCUT2D eigenvalue weighted by atomic mass is 35.5. The van der Waals surface area contributed by atoms with Gasteiger partial charge in [-0.15, -0.1) is 0 Å². The molecule has 3 amide bonds. The highest BCUT2D eigenvalue weighted by Gasteiger charge is 2.39. The number of aryl methyl sites for hydroxylation is 1. The zero-order valence-electron chi connectivity index (χ0n) is 21.6. The summed E-state index contributed by atoms with van der Waals surface area (Å²) in [6.07, 6.45) is 3.25. The fourth-order valence-electron chi connectivity index (χ4n) is 4.02. The van der Waals surface area contributed by atoms with Crippen LogP contribution in [-0.2, 0) is 20.7 Å². The molecule has 0 atom stereocenters. The SMILES string of the molecule is CCCCc1ccc(NC(=O)c2ccc(NC3=C(Cl)C(=O)N(c4cccc(C(=O)OCC)c4)C3=O)cc2)cc1. The molecule has 4 rings (SSSR count). The van der Waals surface area contributed by atoms with Crippen molar-refractivity contribution < 1.29 is 23.9 Å². The molecule has 1 aliphatic rings. The van der Waals surface area contributed by atoms with Gasteiger partial charge in [0.1, 0.15) is 10.7 Å². The molecule has 0 saturated carbocycles. The van der Waals surface area contributed by atoms with Gasteiger partial charge in [-0.1, -0.05) is 43.1 Å². The fourth-order valence-corrected chi connectivity index (χ4v) is 4.23. The van der Waals surface area contributed by atoms with Gasteiger partial charge in [-0.25, -0.2) is 9.69 Å². The van der Waals surface area contributed by atoms with Gasteiger partial charge in [0, 0.05) is 16.9 Å². The van der Waals surface area contributed by atoms with Gasteiger partial charge in [-0.2, -0.15) is 0 Å². The van der Waals surface area contributed by atoms with Crippen molar-refractivity contribution in [3.05, 3.63) is 100 Å². The van der Waals surface area contributed by atoms with E-state index in [1.807, 2.05) is 24.3 Å². The molecule has 0 unspecified atom stereocenters. The van der Waals surface area contributed by atoms with Crippen molar-refractivity contribution >= 4 is 52.4 Å². The maximum atomic E-state index is 13.1. The van der Waals surface area contributed by atoms with E-state index in [-0.39, 0.29) is 34.5 Å². The van der Waals surface area contributed by atoms with Gasteiger partial charge in [0.15, 0.2) is 0 Å². The Morgan fingerprint density at radius 1 is 0.872 bits per heavy atom. The van der Waals surface area contributed by atoms with Gasteiger partial charge in [-0.05, 0) is 79.9 Å². The van der Waals surface area contributed by atoms with Crippen LogP contribution >= 0.6 is 11.6 Å². The number of halogens is 1. The molecular weight excluding hydrogens is 518 g/mol. The van der Waals surface area contributed by atoms with Crippen molar-refractivity contribution in [2.24, 2.45) is 0 Å². The average Bonchev–Trinajstić information content (AvgIpc) is 3.16. The van der Waals surface area contributed by atoms with Crippen LogP contribution in [-0.4, -0.2) is 30.3 Å². The van der Waals surface area contributed by atoms with Crippen LogP contribution in [0.2, 0.25) is 0 Å². The van der Waals surface area contributed by atoms with E-state index in [1.54, 1.807) is 37.3 Å². The number of carbonyl (C=O) groups is 4. The number of nitrogens with one attached hydrogen (secondary N) is 2. The number of anilines is 3. The molecule has 3 aromatic rings. The van der Waals surface area contributed by atoms with Crippen molar-refractivity contribution in [3.8, 4) is 0 Å². The lowest BCUT2D eigenvalue weighted by molar-refractivity contribution is -0.120. The van der Waals surface area contributed by atoms with Crippen LogP contribution in [0.5, 0.6) is 0 Å². The highest BCUT2D eigenvalue weighted by molar-refractivity contribution is 6.53. The van der Waals surface area contributed by atoms with Crippen LogP contribution in [0.4, 0.5) is 17.1 Å². The van der Waals surface area contributed by atoms with Crippen LogP contribution in [0.1, 0.15) is 53.0 Å². The molecule has 0 fully saturated rings. The first-order valence-corrected chi connectivity index (χ1v) is 13.0. The molecule has 1 aliphatic heterocycles. The fraction of sp³-hybridized carbons (Fsp3) is 0.200. The largest absolute Gasteiger partial charge is 0.462 e. The molecule has 2 N–H and O–H groups in total. The van der Waals surface area contributed by atoms with Crippen LogP contribution < -0.4 is 15.5 Å². The molecule has 1 heterocycles. The van der Waals surface area contributed by atoms with Crippen molar-refractivity contribution in [3.63, 3.8) is 0 Å². The van der Waals surface area contributed by atoms with Crippen LogP contribution in [0.15, 0.2) is 83.5 Å². The lowest BCUT2D eigenvalue weighted by Crippen LogP contribution is -2.32. The highest BCUT2D eigenvalue weighted by Crippen LogP contribution is 2.31. The van der Waals surface area contributed by atoms with Crippen molar-refractivity contribution in [2.45, 2.75) is 33.1 Å². The molecule has 0 saturated heterocycles. The zero-order valence-corrected chi connectivity index (χ0v) is 22.4. The number of rotatable bonds is 10. The minimum absolute atomic E-state index is 0.108. The minimum atomic E-state index is -0.720. The summed E-state index contributed by atoms with van der Waals surface area (Å²) in [5, 5.41) is 5.46. The third kappa shape index (κ3) is 6.35. The number of ether oxygens (including phenoxy) is 1.